The summed E-state index contributed by atoms with van der Waals surface area (Å²) in [7, 11) is 1.46. The number of amides is 5. The summed E-state index contributed by atoms with van der Waals surface area (Å²) in [4.78, 5) is 52.7. The van der Waals surface area contributed by atoms with Crippen molar-refractivity contribution < 1.29 is 19.2 Å². The summed E-state index contributed by atoms with van der Waals surface area (Å²) in [5.74, 6) is -1.38. The van der Waals surface area contributed by atoms with Crippen LogP contribution in [0, 0.1) is 6.92 Å². The van der Waals surface area contributed by atoms with E-state index in [0.29, 0.717) is 11.3 Å². The van der Waals surface area contributed by atoms with Gasteiger partial charge in [-0.15, -0.1) is 0 Å². The molecule has 0 radical (unpaired) electrons. The van der Waals surface area contributed by atoms with E-state index in [1.807, 2.05) is 43.3 Å². The van der Waals surface area contributed by atoms with E-state index in [1.165, 1.54) is 11.9 Å². The minimum Gasteiger partial charge on any atom is -0.335 e. The molecule has 0 bridgehead atoms. The van der Waals surface area contributed by atoms with Gasteiger partial charge in [0.25, 0.3) is 5.91 Å². The van der Waals surface area contributed by atoms with E-state index >= 15 is 0 Å². The van der Waals surface area contributed by atoms with Crippen molar-refractivity contribution in [3.63, 3.8) is 0 Å². The lowest BCUT2D eigenvalue weighted by Gasteiger charge is -2.23. The SMILES string of the molecule is CCCc1ccc(C2(C)NC(=O)N(CC(=O)N(C)CC(=O)Nc3ccc(C)cc3)C2=O)cc1. The van der Waals surface area contributed by atoms with Crippen LogP contribution in [0.25, 0.3) is 0 Å². The number of aryl methyl sites for hydroxylation is 2. The molecule has 1 unspecified atom stereocenters. The molecule has 2 aromatic rings. The lowest BCUT2D eigenvalue weighted by molar-refractivity contribution is -0.139. The second-order valence-electron chi connectivity index (χ2n) is 8.56. The minimum absolute atomic E-state index is 0.202. The number of anilines is 1. The quantitative estimate of drug-likeness (QED) is 0.604. The molecule has 8 nitrogen and oxygen atoms in total. The van der Waals surface area contributed by atoms with Crippen molar-refractivity contribution in [1.29, 1.82) is 0 Å². The summed E-state index contributed by atoms with van der Waals surface area (Å²) < 4.78 is 0. The second kappa shape index (κ2) is 9.85. The minimum atomic E-state index is -1.25. The van der Waals surface area contributed by atoms with Gasteiger partial charge in [0.1, 0.15) is 12.1 Å². The number of rotatable bonds is 8. The first-order valence-electron chi connectivity index (χ1n) is 11.0. The fourth-order valence-corrected chi connectivity index (χ4v) is 3.73. The van der Waals surface area contributed by atoms with Gasteiger partial charge in [0, 0.05) is 12.7 Å². The van der Waals surface area contributed by atoms with Crippen LogP contribution in [-0.4, -0.2) is 53.7 Å². The summed E-state index contributed by atoms with van der Waals surface area (Å²) in [6.45, 7) is 5.02. The zero-order chi connectivity index (χ0) is 24.2. The molecule has 5 amide bonds. The molecule has 0 saturated carbocycles. The number of urea groups is 1. The predicted octanol–water partition coefficient (Wildman–Crippen LogP) is 2.81. The summed E-state index contributed by atoms with van der Waals surface area (Å²) in [6.07, 6.45) is 1.94. The van der Waals surface area contributed by atoms with Gasteiger partial charge in [-0.05, 0) is 43.5 Å². The average Bonchev–Trinajstić information content (AvgIpc) is 2.99. The molecule has 1 aliphatic rings. The molecule has 3 rings (SSSR count). The molecule has 1 aliphatic heterocycles. The summed E-state index contributed by atoms with van der Waals surface area (Å²) in [6, 6.07) is 14.2. The molecule has 33 heavy (non-hydrogen) atoms. The van der Waals surface area contributed by atoms with Crippen molar-refractivity contribution in [1.82, 2.24) is 15.1 Å². The molecule has 1 heterocycles. The van der Waals surface area contributed by atoms with Gasteiger partial charge < -0.3 is 15.5 Å². The number of likely N-dealkylation sites (N-methyl/N-ethyl adjacent to an activating group) is 1. The third kappa shape index (κ3) is 5.39. The Balaban J connectivity index is 1.61. The van der Waals surface area contributed by atoms with Crippen LogP contribution in [-0.2, 0) is 26.3 Å². The normalized spacial score (nSPS) is 17.6. The van der Waals surface area contributed by atoms with Gasteiger partial charge in [-0.25, -0.2) is 4.79 Å². The van der Waals surface area contributed by atoms with Gasteiger partial charge in [0.05, 0.1) is 6.54 Å². The number of nitrogens with one attached hydrogen (secondary N) is 2. The zero-order valence-corrected chi connectivity index (χ0v) is 19.5. The van der Waals surface area contributed by atoms with E-state index in [4.69, 9.17) is 0 Å². The van der Waals surface area contributed by atoms with Crippen molar-refractivity contribution in [2.24, 2.45) is 0 Å². The lowest BCUT2D eigenvalue weighted by Crippen LogP contribution is -2.45. The van der Waals surface area contributed by atoms with E-state index < -0.39 is 29.9 Å². The first kappa shape index (κ1) is 24.0. The van der Waals surface area contributed by atoms with Crippen LogP contribution in [0.1, 0.15) is 37.0 Å². The highest BCUT2D eigenvalue weighted by molar-refractivity contribution is 6.09. The fraction of sp³-hybridized carbons (Fsp3) is 0.360. The predicted molar refractivity (Wildman–Crippen MR) is 125 cm³/mol. The van der Waals surface area contributed by atoms with Crippen LogP contribution >= 0.6 is 0 Å². The zero-order valence-electron chi connectivity index (χ0n) is 19.5. The Kier molecular flexibility index (Phi) is 7.16. The number of hydrogen-bond acceptors (Lipinski definition) is 4. The Bertz CT molecular complexity index is 1050. The fourth-order valence-electron chi connectivity index (χ4n) is 3.73. The molecule has 1 saturated heterocycles. The third-order valence-corrected chi connectivity index (χ3v) is 5.78. The molecule has 8 heteroatoms. The van der Waals surface area contributed by atoms with Crippen LogP contribution in [0.3, 0.4) is 0 Å². The van der Waals surface area contributed by atoms with Gasteiger partial charge in [0.2, 0.25) is 11.8 Å². The lowest BCUT2D eigenvalue weighted by atomic mass is 9.91. The third-order valence-electron chi connectivity index (χ3n) is 5.78. The Morgan fingerprint density at radius 1 is 1.06 bits per heavy atom. The molecule has 0 aliphatic carbocycles. The monoisotopic (exact) mass is 450 g/mol. The van der Waals surface area contributed by atoms with Crippen LogP contribution in [0.5, 0.6) is 0 Å². The van der Waals surface area contributed by atoms with Gasteiger partial charge in [-0.2, -0.15) is 0 Å². The first-order chi connectivity index (χ1) is 15.6. The van der Waals surface area contributed by atoms with Gasteiger partial charge in [-0.3, -0.25) is 19.3 Å². The standard InChI is InChI=1S/C25H30N4O4/c1-5-6-18-9-11-19(12-10-18)25(3)23(32)29(24(33)27-25)16-22(31)28(4)15-21(30)26-20-13-7-17(2)8-14-20/h7-14H,5-6,15-16H2,1-4H3,(H,26,30)(H,27,33). The Hall–Kier alpha value is -3.68. The van der Waals surface area contributed by atoms with Gasteiger partial charge in [-0.1, -0.05) is 55.3 Å². The van der Waals surface area contributed by atoms with Gasteiger partial charge >= 0.3 is 6.03 Å². The van der Waals surface area contributed by atoms with E-state index in [9.17, 15) is 19.2 Å². The van der Waals surface area contributed by atoms with Crippen LogP contribution < -0.4 is 10.6 Å². The number of nitrogens with zero attached hydrogens (tertiary/aromatic N) is 2. The highest BCUT2D eigenvalue weighted by Crippen LogP contribution is 2.29. The molecule has 2 N–H and O–H groups in total. The van der Waals surface area contributed by atoms with E-state index in [1.54, 1.807) is 19.1 Å². The van der Waals surface area contributed by atoms with Crippen LogP contribution in [0.4, 0.5) is 10.5 Å². The first-order valence-corrected chi connectivity index (χ1v) is 11.0. The maximum Gasteiger partial charge on any atom is 0.325 e. The maximum absolute atomic E-state index is 13.1. The molecule has 0 spiro atoms. The average molecular weight is 451 g/mol. The largest absolute Gasteiger partial charge is 0.335 e. The topological polar surface area (TPSA) is 98.8 Å². The second-order valence-corrected chi connectivity index (χ2v) is 8.56. The van der Waals surface area contributed by atoms with E-state index in [2.05, 4.69) is 17.6 Å². The molecule has 1 atom stereocenters. The molecular formula is C25H30N4O4. The summed E-state index contributed by atoms with van der Waals surface area (Å²) in [5, 5.41) is 5.43. The number of carbonyl (C=O) groups excluding carboxylic acids is 4. The molecule has 174 valence electrons. The van der Waals surface area contributed by atoms with Crippen molar-refractivity contribution in [3.8, 4) is 0 Å². The highest BCUT2D eigenvalue weighted by atomic mass is 16.2. The van der Waals surface area contributed by atoms with E-state index in [0.717, 1.165) is 28.9 Å². The van der Waals surface area contributed by atoms with E-state index in [-0.39, 0.29) is 12.5 Å². The summed E-state index contributed by atoms with van der Waals surface area (Å²) in [5.41, 5.74) is 2.25. The molecule has 2 aromatic carbocycles. The Morgan fingerprint density at radius 2 is 1.70 bits per heavy atom. The smallest absolute Gasteiger partial charge is 0.325 e. The Morgan fingerprint density at radius 3 is 2.30 bits per heavy atom. The van der Waals surface area contributed by atoms with Crippen molar-refractivity contribution in [2.75, 3.05) is 25.5 Å². The summed E-state index contributed by atoms with van der Waals surface area (Å²) >= 11 is 0. The molecular weight excluding hydrogens is 420 g/mol. The van der Waals surface area contributed by atoms with Gasteiger partial charge in [0.15, 0.2) is 0 Å². The van der Waals surface area contributed by atoms with Crippen molar-refractivity contribution in [3.05, 3.63) is 65.2 Å². The van der Waals surface area contributed by atoms with Crippen molar-refractivity contribution in [2.45, 2.75) is 39.2 Å². The van der Waals surface area contributed by atoms with Crippen LogP contribution in [0.15, 0.2) is 48.5 Å². The number of benzene rings is 2. The Labute approximate surface area is 193 Å². The maximum atomic E-state index is 13.1. The number of carbonyl (C=O) groups is 4. The molecule has 1 fully saturated rings. The number of imide groups is 1. The highest BCUT2D eigenvalue weighted by Gasteiger charge is 2.49. The number of hydrogen-bond donors (Lipinski definition) is 2. The van der Waals surface area contributed by atoms with Crippen LogP contribution in [0.2, 0.25) is 0 Å². The molecule has 0 aromatic heterocycles. The van der Waals surface area contributed by atoms with Crippen molar-refractivity contribution >= 4 is 29.4 Å².